The molecule has 0 spiro atoms. The van der Waals surface area contributed by atoms with Crippen molar-refractivity contribution in [3.8, 4) is 0 Å². The minimum atomic E-state index is -0.984. The Labute approximate surface area is 124 Å². The number of ether oxygens (including phenoxy) is 1. The quantitative estimate of drug-likeness (QED) is 0.730. The van der Waals surface area contributed by atoms with Gasteiger partial charge >= 0.3 is 5.97 Å². The van der Waals surface area contributed by atoms with Gasteiger partial charge in [0.25, 0.3) is 0 Å². The summed E-state index contributed by atoms with van der Waals surface area (Å²) in [5, 5.41) is 13.3. The van der Waals surface area contributed by atoms with Crippen molar-refractivity contribution < 1.29 is 14.6 Å². The second-order valence-corrected chi connectivity index (χ2v) is 4.76. The number of benzene rings is 1. The molecule has 2 rings (SSSR count). The number of pyridine rings is 1. The maximum absolute atomic E-state index is 11.3. The molecule has 0 saturated carbocycles. The van der Waals surface area contributed by atoms with E-state index < -0.39 is 5.97 Å². The molecule has 21 heavy (non-hydrogen) atoms. The summed E-state index contributed by atoms with van der Waals surface area (Å²) in [7, 11) is 0. The first-order chi connectivity index (χ1) is 10.2. The van der Waals surface area contributed by atoms with Crippen LogP contribution in [0.2, 0.25) is 0 Å². The molecule has 0 fully saturated rings. The highest BCUT2D eigenvalue weighted by atomic mass is 16.5. The number of unbranched alkanes of at least 4 members (excludes halogenated alkanes) is 1. The van der Waals surface area contributed by atoms with Crippen LogP contribution in [0.1, 0.15) is 30.1 Å². The van der Waals surface area contributed by atoms with E-state index in [1.165, 1.54) is 6.20 Å². The molecule has 112 valence electrons. The number of carboxylic acid groups (broad SMARTS) is 1. The van der Waals surface area contributed by atoms with Crippen molar-refractivity contribution in [1.82, 2.24) is 4.98 Å². The number of anilines is 1. The molecule has 0 radical (unpaired) electrons. The Morgan fingerprint density at radius 3 is 2.90 bits per heavy atom. The zero-order valence-electron chi connectivity index (χ0n) is 12.1. The molecule has 0 atom stereocenters. The van der Waals surface area contributed by atoms with E-state index in [1.807, 2.05) is 24.3 Å². The maximum atomic E-state index is 11.3. The van der Waals surface area contributed by atoms with Crippen LogP contribution in [0.25, 0.3) is 10.9 Å². The van der Waals surface area contributed by atoms with Crippen LogP contribution in [0.4, 0.5) is 5.69 Å². The van der Waals surface area contributed by atoms with Gasteiger partial charge in [0.15, 0.2) is 0 Å². The molecule has 0 saturated heterocycles. The Bertz CT molecular complexity index is 613. The number of hydrogen-bond acceptors (Lipinski definition) is 4. The molecule has 0 aliphatic heterocycles. The van der Waals surface area contributed by atoms with Gasteiger partial charge in [0.1, 0.15) is 5.56 Å². The van der Waals surface area contributed by atoms with Crippen molar-refractivity contribution in [3.05, 3.63) is 36.0 Å². The predicted octanol–water partition coefficient (Wildman–Crippen LogP) is 3.16. The van der Waals surface area contributed by atoms with Crippen molar-refractivity contribution in [2.45, 2.75) is 19.8 Å². The smallest absolute Gasteiger partial charge is 0.339 e. The predicted molar refractivity (Wildman–Crippen MR) is 82.9 cm³/mol. The number of fused-ring (bicyclic) bond motifs is 1. The number of rotatable bonds is 8. The number of hydrogen-bond donors (Lipinski definition) is 2. The number of aromatic nitrogens is 1. The fourth-order valence-corrected chi connectivity index (χ4v) is 2.09. The second kappa shape index (κ2) is 7.59. The molecule has 1 heterocycles. The highest BCUT2D eigenvalue weighted by Gasteiger charge is 2.13. The van der Waals surface area contributed by atoms with Gasteiger partial charge in [-0.1, -0.05) is 31.5 Å². The summed E-state index contributed by atoms with van der Waals surface area (Å²) in [6.45, 7) is 3.97. The van der Waals surface area contributed by atoms with E-state index in [2.05, 4.69) is 17.2 Å². The van der Waals surface area contributed by atoms with E-state index in [4.69, 9.17) is 4.74 Å². The van der Waals surface area contributed by atoms with Crippen LogP contribution in [0.15, 0.2) is 30.5 Å². The largest absolute Gasteiger partial charge is 0.478 e. The van der Waals surface area contributed by atoms with Crippen LogP contribution in [-0.2, 0) is 4.74 Å². The van der Waals surface area contributed by atoms with Gasteiger partial charge in [-0.15, -0.1) is 0 Å². The van der Waals surface area contributed by atoms with Gasteiger partial charge in [-0.25, -0.2) is 4.79 Å². The lowest BCUT2D eigenvalue weighted by Crippen LogP contribution is -2.13. The van der Waals surface area contributed by atoms with Gasteiger partial charge in [0, 0.05) is 24.7 Å². The fraction of sp³-hybridized carbons (Fsp3) is 0.375. The number of aromatic carboxylic acids is 1. The summed E-state index contributed by atoms with van der Waals surface area (Å²) < 4.78 is 5.48. The van der Waals surface area contributed by atoms with Gasteiger partial charge in [0.2, 0.25) is 0 Å². The fourth-order valence-electron chi connectivity index (χ4n) is 2.09. The molecule has 5 nitrogen and oxygen atoms in total. The van der Waals surface area contributed by atoms with Crippen LogP contribution < -0.4 is 5.32 Å². The lowest BCUT2D eigenvalue weighted by molar-refractivity contribution is 0.0697. The van der Waals surface area contributed by atoms with E-state index >= 15 is 0 Å². The summed E-state index contributed by atoms with van der Waals surface area (Å²) >= 11 is 0. The number of nitrogens with one attached hydrogen (secondary N) is 1. The lowest BCUT2D eigenvalue weighted by Gasteiger charge is -2.12. The van der Waals surface area contributed by atoms with E-state index in [1.54, 1.807) is 0 Å². The standard InChI is InChI=1S/C16H20N2O3/c1-2-3-9-21-10-8-17-15-12-6-4-5-7-14(12)18-11-13(15)16(19)20/h4-7,11H,2-3,8-10H2,1H3,(H,17,18)(H,19,20). The highest BCUT2D eigenvalue weighted by molar-refractivity contribution is 6.04. The third-order valence-electron chi connectivity index (χ3n) is 3.20. The third-order valence-corrected chi connectivity index (χ3v) is 3.20. The molecular weight excluding hydrogens is 268 g/mol. The third kappa shape index (κ3) is 3.92. The van der Waals surface area contributed by atoms with Crippen molar-refractivity contribution in [2.24, 2.45) is 0 Å². The van der Waals surface area contributed by atoms with Crippen LogP contribution in [0, 0.1) is 0 Å². The van der Waals surface area contributed by atoms with Gasteiger partial charge in [0.05, 0.1) is 17.8 Å². The summed E-state index contributed by atoms with van der Waals surface area (Å²) in [6, 6.07) is 7.49. The number of carboxylic acids is 1. The van der Waals surface area contributed by atoms with Crippen LogP contribution in [-0.4, -0.2) is 35.8 Å². The lowest BCUT2D eigenvalue weighted by atomic mass is 10.1. The van der Waals surface area contributed by atoms with E-state index in [-0.39, 0.29) is 5.56 Å². The Balaban J connectivity index is 2.12. The highest BCUT2D eigenvalue weighted by Crippen LogP contribution is 2.25. The number of nitrogens with zero attached hydrogens (tertiary/aromatic N) is 1. The summed E-state index contributed by atoms with van der Waals surface area (Å²) in [4.78, 5) is 15.5. The minimum Gasteiger partial charge on any atom is -0.478 e. The van der Waals surface area contributed by atoms with Crippen molar-refractivity contribution in [3.63, 3.8) is 0 Å². The Kier molecular flexibility index (Phi) is 5.51. The SMILES string of the molecule is CCCCOCCNc1c(C(=O)O)cnc2ccccc12. The van der Waals surface area contributed by atoms with Gasteiger partial charge < -0.3 is 15.2 Å². The topological polar surface area (TPSA) is 71.5 Å². The molecular formula is C16H20N2O3. The number of carbonyl (C=O) groups is 1. The summed E-state index contributed by atoms with van der Waals surface area (Å²) in [5.74, 6) is -0.984. The molecule has 0 unspecified atom stereocenters. The van der Waals surface area contributed by atoms with E-state index in [0.717, 1.165) is 30.4 Å². The molecule has 0 amide bonds. The molecule has 0 bridgehead atoms. The van der Waals surface area contributed by atoms with Crippen molar-refractivity contribution in [2.75, 3.05) is 25.1 Å². The minimum absolute atomic E-state index is 0.183. The Morgan fingerprint density at radius 2 is 2.14 bits per heavy atom. The normalized spacial score (nSPS) is 10.7. The number of para-hydroxylation sites is 1. The summed E-state index contributed by atoms with van der Waals surface area (Å²) in [5.41, 5.74) is 1.56. The first-order valence-corrected chi connectivity index (χ1v) is 7.16. The van der Waals surface area contributed by atoms with E-state index in [0.29, 0.717) is 18.8 Å². The average molecular weight is 288 g/mol. The molecule has 5 heteroatoms. The van der Waals surface area contributed by atoms with Crippen LogP contribution in [0.3, 0.4) is 0 Å². The van der Waals surface area contributed by atoms with Gasteiger partial charge in [-0.05, 0) is 12.5 Å². The molecule has 1 aromatic carbocycles. The molecule has 0 aliphatic carbocycles. The Hall–Kier alpha value is -2.14. The van der Waals surface area contributed by atoms with Crippen molar-refractivity contribution in [1.29, 1.82) is 0 Å². The molecule has 2 aromatic rings. The van der Waals surface area contributed by atoms with Gasteiger partial charge in [-0.2, -0.15) is 0 Å². The molecule has 1 aromatic heterocycles. The van der Waals surface area contributed by atoms with E-state index in [9.17, 15) is 9.90 Å². The monoisotopic (exact) mass is 288 g/mol. The average Bonchev–Trinajstić information content (AvgIpc) is 2.50. The zero-order valence-corrected chi connectivity index (χ0v) is 12.1. The first kappa shape index (κ1) is 15.3. The second-order valence-electron chi connectivity index (χ2n) is 4.76. The maximum Gasteiger partial charge on any atom is 0.339 e. The zero-order chi connectivity index (χ0) is 15.1. The molecule has 2 N–H and O–H groups in total. The van der Waals surface area contributed by atoms with Crippen molar-refractivity contribution >= 4 is 22.6 Å². The van der Waals surface area contributed by atoms with Crippen LogP contribution in [0.5, 0.6) is 0 Å². The first-order valence-electron chi connectivity index (χ1n) is 7.16. The van der Waals surface area contributed by atoms with Crippen LogP contribution >= 0.6 is 0 Å². The summed E-state index contributed by atoms with van der Waals surface area (Å²) in [6.07, 6.45) is 3.54. The van der Waals surface area contributed by atoms with Gasteiger partial charge in [-0.3, -0.25) is 4.98 Å². The molecule has 0 aliphatic rings. The Morgan fingerprint density at radius 1 is 1.33 bits per heavy atom.